The number of alkyl carbamates (subject to hydrolysis) is 1. The van der Waals surface area contributed by atoms with Crippen molar-refractivity contribution in [3.8, 4) is 0 Å². The number of ether oxygens (including phenoxy) is 3. The van der Waals surface area contributed by atoms with Crippen molar-refractivity contribution in [1.82, 2.24) is 10.6 Å². The maximum absolute atomic E-state index is 11.7. The molecular weight excluding hydrogens is 324 g/mol. The van der Waals surface area contributed by atoms with Gasteiger partial charge in [-0.25, -0.2) is 4.79 Å². The molecule has 25 heavy (non-hydrogen) atoms. The third kappa shape index (κ3) is 9.69. The van der Waals surface area contributed by atoms with E-state index in [0.717, 1.165) is 5.56 Å². The molecule has 0 saturated carbocycles. The number of hydrogen-bond donors (Lipinski definition) is 2. The minimum atomic E-state index is -0.591. The van der Waals surface area contributed by atoms with E-state index in [1.807, 2.05) is 51.1 Å². The molecule has 1 aromatic rings. The highest BCUT2D eigenvalue weighted by Crippen LogP contribution is 2.07. The van der Waals surface area contributed by atoms with Crippen molar-refractivity contribution in [3.63, 3.8) is 0 Å². The van der Waals surface area contributed by atoms with E-state index < -0.39 is 18.1 Å². The Bertz CT molecular complexity index is 528. The summed E-state index contributed by atoms with van der Waals surface area (Å²) in [6.45, 7) is 6.83. The lowest BCUT2D eigenvalue weighted by Crippen LogP contribution is -2.46. The third-order valence-corrected chi connectivity index (χ3v) is 3.17. The molecule has 7 heteroatoms. The predicted octanol–water partition coefficient (Wildman–Crippen LogP) is 1.86. The monoisotopic (exact) mass is 352 g/mol. The highest BCUT2D eigenvalue weighted by atomic mass is 16.5. The smallest absolute Gasteiger partial charge is 0.407 e. The standard InChI is InChI=1S/C18H28N2O5/c1-18(2,3)25-13-15(16(21)23-4)19-10-11-20-17(22)24-12-14-8-6-5-7-9-14/h5-9,15,19H,10-13H2,1-4H3,(H,20,22). The molecule has 0 bridgehead atoms. The highest BCUT2D eigenvalue weighted by molar-refractivity contribution is 5.75. The van der Waals surface area contributed by atoms with Crippen LogP contribution in [0.1, 0.15) is 26.3 Å². The molecule has 1 unspecified atom stereocenters. The minimum absolute atomic E-state index is 0.189. The van der Waals surface area contributed by atoms with Crippen LogP contribution in [0.3, 0.4) is 0 Å². The van der Waals surface area contributed by atoms with Gasteiger partial charge in [0.15, 0.2) is 0 Å². The Kier molecular flexibility index (Phi) is 8.94. The molecule has 0 aliphatic rings. The maximum atomic E-state index is 11.7. The largest absolute Gasteiger partial charge is 0.468 e. The highest BCUT2D eigenvalue weighted by Gasteiger charge is 2.22. The van der Waals surface area contributed by atoms with Gasteiger partial charge in [-0.1, -0.05) is 30.3 Å². The zero-order valence-corrected chi connectivity index (χ0v) is 15.3. The fourth-order valence-electron chi connectivity index (χ4n) is 1.87. The average molecular weight is 352 g/mol. The molecule has 1 aromatic carbocycles. The molecule has 1 amide bonds. The van der Waals surface area contributed by atoms with Gasteiger partial charge in [0.1, 0.15) is 12.6 Å². The summed E-state index contributed by atoms with van der Waals surface area (Å²) < 4.78 is 15.5. The van der Waals surface area contributed by atoms with Crippen LogP contribution in [0.15, 0.2) is 30.3 Å². The van der Waals surface area contributed by atoms with Crippen molar-refractivity contribution in [2.24, 2.45) is 0 Å². The Morgan fingerprint density at radius 3 is 2.40 bits per heavy atom. The third-order valence-electron chi connectivity index (χ3n) is 3.17. The minimum Gasteiger partial charge on any atom is -0.468 e. The number of amides is 1. The summed E-state index contributed by atoms with van der Waals surface area (Å²) >= 11 is 0. The summed E-state index contributed by atoms with van der Waals surface area (Å²) in [6.07, 6.45) is -0.508. The van der Waals surface area contributed by atoms with Gasteiger partial charge in [-0.15, -0.1) is 0 Å². The first-order valence-electron chi connectivity index (χ1n) is 8.21. The van der Waals surface area contributed by atoms with E-state index in [0.29, 0.717) is 13.1 Å². The topological polar surface area (TPSA) is 85.9 Å². The van der Waals surface area contributed by atoms with Crippen LogP contribution in [0.5, 0.6) is 0 Å². The molecule has 0 aliphatic carbocycles. The molecule has 0 aliphatic heterocycles. The van der Waals surface area contributed by atoms with Crippen LogP contribution in [0, 0.1) is 0 Å². The number of benzene rings is 1. The van der Waals surface area contributed by atoms with Gasteiger partial charge in [0.2, 0.25) is 0 Å². The van der Waals surface area contributed by atoms with Crippen molar-refractivity contribution >= 4 is 12.1 Å². The zero-order chi connectivity index (χ0) is 18.7. The molecule has 7 nitrogen and oxygen atoms in total. The molecule has 1 atom stereocenters. The number of rotatable bonds is 9. The number of carbonyl (C=O) groups excluding carboxylic acids is 2. The number of hydrogen-bond acceptors (Lipinski definition) is 6. The predicted molar refractivity (Wildman–Crippen MR) is 94.1 cm³/mol. The first-order valence-corrected chi connectivity index (χ1v) is 8.21. The Morgan fingerprint density at radius 1 is 1.12 bits per heavy atom. The van der Waals surface area contributed by atoms with Gasteiger partial charge < -0.3 is 24.8 Å². The van der Waals surface area contributed by atoms with Crippen molar-refractivity contribution in [2.45, 2.75) is 39.0 Å². The molecular formula is C18H28N2O5. The summed E-state index contributed by atoms with van der Waals surface area (Å²) in [5.74, 6) is -0.407. The lowest BCUT2D eigenvalue weighted by atomic mass is 10.2. The van der Waals surface area contributed by atoms with Crippen LogP contribution in [0.4, 0.5) is 4.79 Å². The Labute approximate surface area is 149 Å². The van der Waals surface area contributed by atoms with E-state index in [1.165, 1.54) is 7.11 Å². The van der Waals surface area contributed by atoms with Crippen LogP contribution >= 0.6 is 0 Å². The molecule has 0 heterocycles. The maximum Gasteiger partial charge on any atom is 0.407 e. The van der Waals surface area contributed by atoms with Gasteiger partial charge >= 0.3 is 12.1 Å². The van der Waals surface area contributed by atoms with Crippen molar-refractivity contribution < 1.29 is 23.8 Å². The second kappa shape index (κ2) is 10.7. The Balaban J connectivity index is 2.25. The summed E-state index contributed by atoms with van der Waals surface area (Å²) in [5.41, 5.74) is 0.564. The second-order valence-corrected chi connectivity index (χ2v) is 6.44. The van der Waals surface area contributed by atoms with E-state index in [-0.39, 0.29) is 18.8 Å². The summed E-state index contributed by atoms with van der Waals surface area (Å²) in [6, 6.07) is 8.83. The van der Waals surface area contributed by atoms with Gasteiger partial charge in [-0.2, -0.15) is 0 Å². The first-order chi connectivity index (χ1) is 11.8. The molecule has 0 spiro atoms. The summed E-state index contributed by atoms with van der Waals surface area (Å²) in [5, 5.41) is 5.62. The second-order valence-electron chi connectivity index (χ2n) is 6.44. The van der Waals surface area contributed by atoms with Crippen molar-refractivity contribution in [3.05, 3.63) is 35.9 Å². The zero-order valence-electron chi connectivity index (χ0n) is 15.3. The van der Waals surface area contributed by atoms with Gasteiger partial charge in [0.25, 0.3) is 0 Å². The summed E-state index contributed by atoms with van der Waals surface area (Å²) in [4.78, 5) is 23.4. The lowest BCUT2D eigenvalue weighted by molar-refractivity contribution is -0.146. The first kappa shape index (κ1) is 20.9. The van der Waals surface area contributed by atoms with Crippen LogP contribution in [-0.2, 0) is 25.6 Å². The van der Waals surface area contributed by atoms with Gasteiger partial charge in [-0.05, 0) is 26.3 Å². The average Bonchev–Trinajstić information content (AvgIpc) is 2.58. The van der Waals surface area contributed by atoms with E-state index >= 15 is 0 Å². The number of methoxy groups -OCH3 is 1. The van der Waals surface area contributed by atoms with Gasteiger partial charge in [-0.3, -0.25) is 4.79 Å². The molecule has 0 radical (unpaired) electrons. The van der Waals surface area contributed by atoms with Gasteiger partial charge in [0, 0.05) is 13.1 Å². The molecule has 0 aromatic heterocycles. The van der Waals surface area contributed by atoms with Crippen LogP contribution in [0.2, 0.25) is 0 Å². The number of esters is 1. The van der Waals surface area contributed by atoms with E-state index in [1.54, 1.807) is 0 Å². The normalized spacial score (nSPS) is 12.3. The van der Waals surface area contributed by atoms with Crippen LogP contribution < -0.4 is 10.6 Å². The fraction of sp³-hybridized carbons (Fsp3) is 0.556. The molecule has 1 rings (SSSR count). The summed E-state index contributed by atoms with van der Waals surface area (Å²) in [7, 11) is 1.33. The molecule has 0 fully saturated rings. The van der Waals surface area contributed by atoms with E-state index in [9.17, 15) is 9.59 Å². The van der Waals surface area contributed by atoms with Crippen LogP contribution in [0.25, 0.3) is 0 Å². The van der Waals surface area contributed by atoms with E-state index in [2.05, 4.69) is 10.6 Å². The van der Waals surface area contributed by atoms with E-state index in [4.69, 9.17) is 14.2 Å². The van der Waals surface area contributed by atoms with Crippen LogP contribution in [-0.4, -0.2) is 50.5 Å². The molecule has 0 saturated heterocycles. The fourth-order valence-corrected chi connectivity index (χ4v) is 1.87. The SMILES string of the molecule is COC(=O)C(COC(C)(C)C)NCCNC(=O)OCc1ccccc1. The lowest BCUT2D eigenvalue weighted by Gasteiger charge is -2.24. The Morgan fingerprint density at radius 2 is 1.80 bits per heavy atom. The van der Waals surface area contributed by atoms with Gasteiger partial charge in [0.05, 0.1) is 19.3 Å². The Hall–Kier alpha value is -2.12. The van der Waals surface area contributed by atoms with Crippen molar-refractivity contribution in [2.75, 3.05) is 26.8 Å². The quantitative estimate of drug-likeness (QED) is 0.521. The van der Waals surface area contributed by atoms with Crippen molar-refractivity contribution in [1.29, 1.82) is 0 Å². The molecule has 2 N–H and O–H groups in total. The number of carbonyl (C=O) groups is 2. The number of nitrogens with one attached hydrogen (secondary N) is 2. The molecule has 140 valence electrons.